The van der Waals surface area contributed by atoms with E-state index in [-0.39, 0.29) is 27.5 Å². The van der Waals surface area contributed by atoms with Crippen LogP contribution in [-0.4, -0.2) is 56.6 Å². The van der Waals surface area contributed by atoms with Gasteiger partial charge in [0.25, 0.3) is 0 Å². The minimum Gasteiger partial charge on any atom is -0.468 e. The summed E-state index contributed by atoms with van der Waals surface area (Å²) in [6, 6.07) is 3.91. The van der Waals surface area contributed by atoms with Crippen molar-refractivity contribution in [2.45, 2.75) is 57.0 Å². The Balaban J connectivity index is 1.14. The number of aromatic nitrogens is 2. The zero-order valence-corrected chi connectivity index (χ0v) is 18.9. The van der Waals surface area contributed by atoms with Crippen LogP contribution in [0.3, 0.4) is 0 Å². The number of amides is 1. The quantitative estimate of drug-likeness (QED) is 0.491. The Morgan fingerprint density at radius 2 is 1.94 bits per heavy atom. The van der Waals surface area contributed by atoms with Crippen LogP contribution in [0.1, 0.15) is 50.7 Å². The van der Waals surface area contributed by atoms with Gasteiger partial charge in [-0.05, 0) is 67.9 Å². The zero-order chi connectivity index (χ0) is 22.6. The van der Waals surface area contributed by atoms with Crippen molar-refractivity contribution in [1.82, 2.24) is 19.6 Å². The molecule has 33 heavy (non-hydrogen) atoms. The highest BCUT2D eigenvalue weighted by atomic mass is 16.6. The minimum absolute atomic E-state index is 0.00714. The second-order valence-electron chi connectivity index (χ2n) is 11.0. The van der Waals surface area contributed by atoms with Crippen LogP contribution in [0.5, 0.6) is 0 Å². The Bertz CT molecular complexity index is 1030. The fourth-order valence-electron chi connectivity index (χ4n) is 7.75. The molecule has 4 bridgehead atoms. The minimum atomic E-state index is -0.366. The van der Waals surface area contributed by atoms with E-state index in [4.69, 9.17) is 4.42 Å². The molecule has 4 saturated carbocycles. The van der Waals surface area contributed by atoms with Crippen molar-refractivity contribution in [3.8, 4) is 0 Å². The summed E-state index contributed by atoms with van der Waals surface area (Å²) in [5.74, 6) is 2.42. The van der Waals surface area contributed by atoms with Crippen LogP contribution in [-0.2, 0) is 16.9 Å². The van der Waals surface area contributed by atoms with Gasteiger partial charge in [-0.1, -0.05) is 0 Å². The first-order valence-electron chi connectivity index (χ1n) is 12.1. The highest BCUT2D eigenvalue weighted by Crippen LogP contribution is 2.65. The van der Waals surface area contributed by atoms with Gasteiger partial charge in [0, 0.05) is 32.6 Å². The summed E-state index contributed by atoms with van der Waals surface area (Å²) in [6.45, 7) is 4.05. The van der Waals surface area contributed by atoms with E-state index < -0.39 is 0 Å². The van der Waals surface area contributed by atoms with Gasteiger partial charge in [-0.2, -0.15) is 5.10 Å². The van der Waals surface area contributed by atoms with E-state index >= 15 is 0 Å². The maximum atomic E-state index is 13.4. The molecule has 1 saturated heterocycles. The highest BCUT2D eigenvalue weighted by molar-refractivity contribution is 5.77. The summed E-state index contributed by atoms with van der Waals surface area (Å²) in [4.78, 5) is 28.7. The summed E-state index contributed by atoms with van der Waals surface area (Å²) in [5.41, 5.74) is -0.101. The highest BCUT2D eigenvalue weighted by Gasteiger charge is 2.59. The van der Waals surface area contributed by atoms with Crippen LogP contribution in [0.25, 0.3) is 0 Å². The average molecular weight is 454 g/mol. The van der Waals surface area contributed by atoms with Crippen molar-refractivity contribution >= 4 is 11.6 Å². The molecule has 2 unspecified atom stereocenters. The fourth-order valence-corrected chi connectivity index (χ4v) is 7.75. The normalized spacial score (nSPS) is 33.5. The van der Waals surface area contributed by atoms with Gasteiger partial charge in [-0.3, -0.25) is 24.5 Å². The van der Waals surface area contributed by atoms with Crippen LogP contribution >= 0.6 is 0 Å². The van der Waals surface area contributed by atoms with Crippen LogP contribution in [0.2, 0.25) is 0 Å². The molecule has 0 N–H and O–H groups in total. The predicted octanol–water partition coefficient (Wildman–Crippen LogP) is 3.41. The van der Waals surface area contributed by atoms with Crippen molar-refractivity contribution in [2.75, 3.05) is 26.2 Å². The molecule has 0 radical (unpaired) electrons. The summed E-state index contributed by atoms with van der Waals surface area (Å²) >= 11 is 0. The summed E-state index contributed by atoms with van der Waals surface area (Å²) < 4.78 is 7.35. The van der Waals surface area contributed by atoms with Crippen LogP contribution in [0.15, 0.2) is 35.2 Å². The van der Waals surface area contributed by atoms with Gasteiger partial charge in [-0.15, -0.1) is 0 Å². The molecule has 3 heterocycles. The standard InChI is InChI=1S/C24H31N5O4/c30-22(27-5-3-26(4-6-27)16-21-2-1-7-33-21)13-23-9-18-8-19(10-23)12-24(11-18,17-23)28-15-20(14-25-28)29(31)32/h1-2,7,14-15,18-19H,3-6,8-13,16-17H2. The number of furan rings is 1. The van der Waals surface area contributed by atoms with Crippen molar-refractivity contribution in [2.24, 2.45) is 17.3 Å². The Morgan fingerprint density at radius 3 is 2.58 bits per heavy atom. The number of carbonyl (C=O) groups excluding carboxylic acids is 1. The molecule has 1 amide bonds. The Kier molecular flexibility index (Phi) is 4.87. The van der Waals surface area contributed by atoms with Gasteiger partial charge in [0.1, 0.15) is 18.2 Å². The van der Waals surface area contributed by atoms with E-state index in [1.54, 1.807) is 12.5 Å². The van der Waals surface area contributed by atoms with Crippen LogP contribution < -0.4 is 0 Å². The number of rotatable bonds is 6. The molecule has 2 aromatic heterocycles. The number of carbonyl (C=O) groups is 1. The Morgan fingerprint density at radius 1 is 1.18 bits per heavy atom. The molecule has 5 fully saturated rings. The summed E-state index contributed by atoms with van der Waals surface area (Å²) in [5, 5.41) is 15.7. The van der Waals surface area contributed by atoms with Crippen LogP contribution in [0.4, 0.5) is 5.69 Å². The van der Waals surface area contributed by atoms with Gasteiger partial charge >= 0.3 is 5.69 Å². The second-order valence-corrected chi connectivity index (χ2v) is 11.0. The van der Waals surface area contributed by atoms with Crippen LogP contribution in [0, 0.1) is 27.4 Å². The maximum Gasteiger partial charge on any atom is 0.307 e. The molecule has 176 valence electrons. The first kappa shape index (κ1) is 20.9. The molecule has 9 nitrogen and oxygen atoms in total. The number of hydrogen-bond acceptors (Lipinski definition) is 6. The van der Waals surface area contributed by atoms with E-state index in [2.05, 4.69) is 10.00 Å². The van der Waals surface area contributed by atoms with Crippen molar-refractivity contribution in [3.05, 3.63) is 46.7 Å². The lowest BCUT2D eigenvalue weighted by Gasteiger charge is -2.62. The predicted molar refractivity (Wildman–Crippen MR) is 119 cm³/mol. The molecule has 0 spiro atoms. The van der Waals surface area contributed by atoms with Gasteiger partial charge in [0.2, 0.25) is 5.91 Å². The smallest absolute Gasteiger partial charge is 0.307 e. The number of hydrogen-bond donors (Lipinski definition) is 0. The monoisotopic (exact) mass is 453 g/mol. The van der Waals surface area contributed by atoms with Crippen molar-refractivity contribution < 1.29 is 14.1 Å². The van der Waals surface area contributed by atoms with Crippen molar-refractivity contribution in [3.63, 3.8) is 0 Å². The number of nitro groups is 1. The van der Waals surface area contributed by atoms with Gasteiger partial charge < -0.3 is 9.32 Å². The third-order valence-electron chi connectivity index (χ3n) is 8.63. The largest absolute Gasteiger partial charge is 0.468 e. The lowest BCUT2D eigenvalue weighted by molar-refractivity contribution is -0.385. The number of piperazine rings is 1. The first-order valence-corrected chi connectivity index (χ1v) is 12.1. The molecule has 9 heteroatoms. The van der Waals surface area contributed by atoms with E-state index in [1.165, 1.54) is 12.6 Å². The van der Waals surface area contributed by atoms with Crippen molar-refractivity contribution in [1.29, 1.82) is 0 Å². The first-order chi connectivity index (χ1) is 15.9. The Hall–Kier alpha value is -2.68. The second kappa shape index (κ2) is 7.68. The van der Waals surface area contributed by atoms with Gasteiger partial charge in [0.15, 0.2) is 0 Å². The molecule has 2 aromatic rings. The van der Waals surface area contributed by atoms with E-state index in [1.807, 2.05) is 21.7 Å². The molecule has 4 aliphatic carbocycles. The summed E-state index contributed by atoms with van der Waals surface area (Å²) in [6.07, 6.45) is 11.7. The topological polar surface area (TPSA) is 97.6 Å². The molecular formula is C24H31N5O4. The average Bonchev–Trinajstić information content (AvgIpc) is 3.46. The molecule has 7 rings (SSSR count). The zero-order valence-electron chi connectivity index (χ0n) is 18.9. The van der Waals surface area contributed by atoms with Gasteiger partial charge in [0.05, 0.1) is 23.3 Å². The molecule has 1 aliphatic heterocycles. The lowest BCUT2D eigenvalue weighted by Crippen LogP contribution is -2.58. The third kappa shape index (κ3) is 3.76. The SMILES string of the molecule is O=C(CC12CC3CC(C1)CC(n1cc([N+](=O)[O-])cn1)(C3)C2)N1CCN(Cc2ccco2)CC1. The molecule has 5 aliphatic rings. The lowest BCUT2D eigenvalue weighted by atomic mass is 9.46. The maximum absolute atomic E-state index is 13.4. The summed E-state index contributed by atoms with van der Waals surface area (Å²) in [7, 11) is 0. The van der Waals surface area contributed by atoms with Gasteiger partial charge in [-0.25, -0.2) is 0 Å². The van der Waals surface area contributed by atoms with E-state index in [0.717, 1.165) is 70.6 Å². The Labute approximate surface area is 192 Å². The fraction of sp³-hybridized carbons (Fsp3) is 0.667. The molecular weight excluding hydrogens is 422 g/mol. The molecule has 2 atom stereocenters. The number of nitrogens with zero attached hydrogens (tertiary/aromatic N) is 5. The third-order valence-corrected chi connectivity index (χ3v) is 8.63. The van der Waals surface area contributed by atoms with E-state index in [0.29, 0.717) is 18.3 Å². The molecule has 0 aromatic carbocycles. The van der Waals surface area contributed by atoms with E-state index in [9.17, 15) is 14.9 Å².